The molecular formula is C12H11ClN10O. The zero-order chi connectivity index (χ0) is 16.5. The highest BCUT2D eigenvalue weighted by Crippen LogP contribution is 2.28. The van der Waals surface area contributed by atoms with Gasteiger partial charge in [-0.15, -0.1) is 20.4 Å². The lowest BCUT2D eigenvalue weighted by Gasteiger charge is -2.15. The van der Waals surface area contributed by atoms with Gasteiger partial charge >= 0.3 is 0 Å². The van der Waals surface area contributed by atoms with Crippen LogP contribution >= 0.6 is 11.6 Å². The first-order chi connectivity index (χ1) is 11.8. The van der Waals surface area contributed by atoms with Crippen molar-refractivity contribution < 1.29 is 4.74 Å². The van der Waals surface area contributed by atoms with Crippen LogP contribution in [0.3, 0.4) is 0 Å². The molecule has 1 atom stereocenters. The van der Waals surface area contributed by atoms with Gasteiger partial charge in [-0.25, -0.2) is 4.98 Å². The molecule has 0 radical (unpaired) electrons. The summed E-state index contributed by atoms with van der Waals surface area (Å²) < 4.78 is 7.34. The number of fused-ring (bicyclic) bond motifs is 1. The Kier molecular flexibility index (Phi) is 3.63. The molecule has 0 aliphatic heterocycles. The van der Waals surface area contributed by atoms with Gasteiger partial charge in [0.1, 0.15) is 17.4 Å². The molecule has 0 saturated heterocycles. The van der Waals surface area contributed by atoms with Gasteiger partial charge in [0.2, 0.25) is 11.6 Å². The van der Waals surface area contributed by atoms with E-state index in [1.165, 1.54) is 0 Å². The van der Waals surface area contributed by atoms with Crippen LogP contribution in [0.1, 0.15) is 17.6 Å². The summed E-state index contributed by atoms with van der Waals surface area (Å²) in [7, 11) is 1.57. The van der Waals surface area contributed by atoms with Gasteiger partial charge in [0.05, 0.1) is 11.2 Å². The molecule has 0 fully saturated rings. The number of halogens is 1. The second-order valence-electron chi connectivity index (χ2n) is 4.90. The minimum Gasteiger partial charge on any atom is -0.373 e. The van der Waals surface area contributed by atoms with E-state index in [0.29, 0.717) is 34.4 Å². The van der Waals surface area contributed by atoms with Crippen LogP contribution in [0.4, 0.5) is 0 Å². The van der Waals surface area contributed by atoms with Crippen molar-refractivity contribution in [2.45, 2.75) is 12.5 Å². The molecule has 0 bridgehead atoms. The Morgan fingerprint density at radius 2 is 2.04 bits per heavy atom. The molecule has 24 heavy (non-hydrogen) atoms. The fourth-order valence-electron chi connectivity index (χ4n) is 2.50. The average Bonchev–Trinajstić information content (AvgIpc) is 3.33. The van der Waals surface area contributed by atoms with E-state index < -0.39 is 6.10 Å². The van der Waals surface area contributed by atoms with Crippen LogP contribution < -0.4 is 0 Å². The molecule has 11 nitrogen and oxygen atoms in total. The van der Waals surface area contributed by atoms with Gasteiger partial charge in [-0.3, -0.25) is 4.40 Å². The summed E-state index contributed by atoms with van der Waals surface area (Å²) in [6.07, 6.45) is 1.65. The van der Waals surface area contributed by atoms with Crippen molar-refractivity contribution in [1.29, 1.82) is 0 Å². The van der Waals surface area contributed by atoms with Crippen LogP contribution in [-0.2, 0) is 11.2 Å². The van der Waals surface area contributed by atoms with Gasteiger partial charge in [-0.05, 0) is 17.3 Å². The maximum atomic E-state index is 6.42. The van der Waals surface area contributed by atoms with E-state index in [1.807, 2.05) is 10.5 Å². The Labute approximate surface area is 139 Å². The molecule has 0 spiro atoms. The molecular weight excluding hydrogens is 336 g/mol. The fraction of sp³-hybridized carbons (Fsp3) is 0.250. The first-order valence-electron chi connectivity index (χ1n) is 6.92. The highest BCUT2D eigenvalue weighted by atomic mass is 35.5. The first kappa shape index (κ1) is 14.7. The second-order valence-corrected chi connectivity index (χ2v) is 5.31. The molecule has 122 valence electrons. The maximum Gasteiger partial charge on any atom is 0.223 e. The van der Waals surface area contributed by atoms with Crippen molar-refractivity contribution in [3.05, 3.63) is 34.9 Å². The molecule has 0 amide bonds. The summed E-state index contributed by atoms with van der Waals surface area (Å²) in [4.78, 5) is 4.36. The maximum absolute atomic E-state index is 6.42. The molecule has 0 saturated carbocycles. The van der Waals surface area contributed by atoms with Gasteiger partial charge in [0, 0.05) is 19.2 Å². The third kappa shape index (κ3) is 2.39. The predicted molar refractivity (Wildman–Crippen MR) is 81.0 cm³/mol. The SMILES string of the molecule is COC(Cc1c(Cl)ccc2ncc(-c3nn[nH]n3)n12)c1nn[nH]n1. The number of aromatic nitrogens is 10. The van der Waals surface area contributed by atoms with E-state index in [-0.39, 0.29) is 0 Å². The molecule has 0 aliphatic carbocycles. The largest absolute Gasteiger partial charge is 0.373 e. The number of rotatable bonds is 5. The Morgan fingerprint density at radius 1 is 1.21 bits per heavy atom. The predicted octanol–water partition coefficient (Wildman–Crippen LogP) is 0.611. The van der Waals surface area contributed by atoms with Crippen LogP contribution in [0.5, 0.6) is 0 Å². The number of imidazole rings is 1. The van der Waals surface area contributed by atoms with Crippen molar-refractivity contribution >= 4 is 17.2 Å². The molecule has 12 heteroatoms. The Balaban J connectivity index is 1.85. The Morgan fingerprint density at radius 3 is 2.75 bits per heavy atom. The van der Waals surface area contributed by atoms with Crippen LogP contribution in [-0.4, -0.2) is 57.7 Å². The zero-order valence-corrected chi connectivity index (χ0v) is 13.1. The van der Waals surface area contributed by atoms with E-state index in [9.17, 15) is 0 Å². The summed E-state index contributed by atoms with van der Waals surface area (Å²) >= 11 is 6.42. The monoisotopic (exact) mass is 346 g/mol. The van der Waals surface area contributed by atoms with Gasteiger partial charge in [0.25, 0.3) is 0 Å². The summed E-state index contributed by atoms with van der Waals surface area (Å²) in [6, 6.07) is 3.59. The molecule has 0 aromatic carbocycles. The average molecular weight is 347 g/mol. The van der Waals surface area contributed by atoms with Crippen molar-refractivity contribution in [3.63, 3.8) is 0 Å². The number of hydrogen-bond donors (Lipinski definition) is 2. The zero-order valence-electron chi connectivity index (χ0n) is 12.4. The second kappa shape index (κ2) is 5.94. The quantitative estimate of drug-likeness (QED) is 0.536. The number of methoxy groups -OCH3 is 1. The molecule has 2 N–H and O–H groups in total. The number of nitrogens with zero attached hydrogens (tertiary/aromatic N) is 8. The van der Waals surface area contributed by atoms with Gasteiger partial charge in [0.15, 0.2) is 0 Å². The number of aromatic amines is 2. The minimum atomic E-state index is -0.424. The van der Waals surface area contributed by atoms with Crippen molar-refractivity contribution in [3.8, 4) is 11.5 Å². The van der Waals surface area contributed by atoms with Gasteiger partial charge in [-0.1, -0.05) is 16.8 Å². The summed E-state index contributed by atoms with van der Waals surface area (Å²) in [5.74, 6) is 0.853. The molecule has 4 heterocycles. The smallest absolute Gasteiger partial charge is 0.223 e. The number of hydrogen-bond acceptors (Lipinski definition) is 8. The summed E-state index contributed by atoms with van der Waals surface area (Å²) in [5, 5.41) is 28.5. The number of nitrogens with one attached hydrogen (secondary N) is 2. The number of pyridine rings is 1. The lowest BCUT2D eigenvalue weighted by Crippen LogP contribution is -2.11. The van der Waals surface area contributed by atoms with Crippen LogP contribution in [0.25, 0.3) is 17.2 Å². The lowest BCUT2D eigenvalue weighted by molar-refractivity contribution is 0.0951. The van der Waals surface area contributed by atoms with Gasteiger partial charge in [-0.2, -0.15) is 10.4 Å². The molecule has 1 unspecified atom stereocenters. The normalized spacial score (nSPS) is 12.8. The van der Waals surface area contributed by atoms with Crippen molar-refractivity contribution in [2.24, 2.45) is 0 Å². The molecule has 4 rings (SSSR count). The van der Waals surface area contributed by atoms with E-state index >= 15 is 0 Å². The number of ether oxygens (including phenoxy) is 1. The van der Waals surface area contributed by atoms with E-state index in [4.69, 9.17) is 16.3 Å². The standard InChI is InChI=1S/C12H11ClN10O/c1-24-9(12-17-21-22-18-12)4-7-6(13)2-3-10-14-5-8(23(7)10)11-15-19-20-16-11/h2-3,5,9H,4H2,1H3,(H,15,16,19,20)(H,17,18,21,22). The summed E-state index contributed by atoms with van der Waals surface area (Å²) in [6.45, 7) is 0. The van der Waals surface area contributed by atoms with Crippen LogP contribution in [0, 0.1) is 0 Å². The lowest BCUT2D eigenvalue weighted by atomic mass is 10.1. The molecule has 4 aromatic heterocycles. The Hall–Kier alpha value is -2.92. The third-order valence-electron chi connectivity index (χ3n) is 3.60. The first-order valence-corrected chi connectivity index (χ1v) is 7.30. The topological polar surface area (TPSA) is 135 Å². The van der Waals surface area contributed by atoms with Gasteiger partial charge < -0.3 is 4.74 Å². The van der Waals surface area contributed by atoms with Crippen LogP contribution in [0.2, 0.25) is 5.02 Å². The number of tetrazole rings is 2. The van der Waals surface area contributed by atoms with Crippen molar-refractivity contribution in [2.75, 3.05) is 7.11 Å². The molecule has 4 aromatic rings. The van der Waals surface area contributed by atoms with E-state index in [2.05, 4.69) is 46.2 Å². The number of H-pyrrole nitrogens is 2. The van der Waals surface area contributed by atoms with E-state index in [1.54, 1.807) is 19.4 Å². The highest BCUT2D eigenvalue weighted by molar-refractivity contribution is 6.31. The highest BCUT2D eigenvalue weighted by Gasteiger charge is 2.22. The molecule has 0 aliphatic rings. The Bertz CT molecular complexity index is 948. The summed E-state index contributed by atoms with van der Waals surface area (Å²) in [5.41, 5.74) is 2.14. The van der Waals surface area contributed by atoms with E-state index in [0.717, 1.165) is 5.69 Å². The van der Waals surface area contributed by atoms with Crippen LogP contribution in [0.15, 0.2) is 18.3 Å². The van der Waals surface area contributed by atoms with Crippen molar-refractivity contribution in [1.82, 2.24) is 50.6 Å². The fourth-order valence-corrected chi connectivity index (χ4v) is 2.72. The minimum absolute atomic E-state index is 0.410. The third-order valence-corrected chi connectivity index (χ3v) is 3.94.